The maximum Gasteiger partial charge on any atom is 0.407 e. The minimum Gasteiger partial charge on any atom is -0.465 e. The predicted molar refractivity (Wildman–Crippen MR) is 51.2 cm³/mol. The van der Waals surface area contributed by atoms with Crippen LogP contribution in [-0.4, -0.2) is 45.3 Å². The Bertz CT molecular complexity index is 179. The van der Waals surface area contributed by atoms with Gasteiger partial charge in [-0.05, 0) is 20.8 Å². The smallest absolute Gasteiger partial charge is 0.407 e. The molecule has 2 N–H and O–H groups in total. The molecule has 1 unspecified atom stereocenters. The lowest BCUT2D eigenvalue weighted by atomic mass is 10.1. The van der Waals surface area contributed by atoms with Crippen LogP contribution in [0.4, 0.5) is 4.79 Å². The van der Waals surface area contributed by atoms with Crippen LogP contribution in [0.5, 0.6) is 0 Å². The van der Waals surface area contributed by atoms with Gasteiger partial charge in [-0.1, -0.05) is 0 Å². The highest BCUT2D eigenvalue weighted by atomic mass is 35.5. The van der Waals surface area contributed by atoms with Gasteiger partial charge in [0.25, 0.3) is 0 Å². The molecule has 0 aliphatic carbocycles. The van der Waals surface area contributed by atoms with Crippen LogP contribution in [0.15, 0.2) is 0 Å². The van der Waals surface area contributed by atoms with E-state index in [1.165, 1.54) is 4.90 Å². The Kier molecular flexibility index (Phi) is 4.50. The summed E-state index contributed by atoms with van der Waals surface area (Å²) in [6.45, 7) is 5.34. The second kappa shape index (κ2) is 4.67. The summed E-state index contributed by atoms with van der Waals surface area (Å²) >= 11 is 5.38. The molecule has 5 heteroatoms. The van der Waals surface area contributed by atoms with E-state index < -0.39 is 17.7 Å². The Hall–Kier alpha value is -0.480. The maximum atomic E-state index is 10.8. The number of nitrogens with zero attached hydrogens (tertiary/aromatic N) is 1. The van der Waals surface area contributed by atoms with Crippen molar-refractivity contribution in [1.82, 2.24) is 4.90 Å². The number of rotatable bonds is 3. The van der Waals surface area contributed by atoms with Gasteiger partial charge in [-0.25, -0.2) is 4.79 Å². The molecule has 78 valence electrons. The molecule has 0 rings (SSSR count). The van der Waals surface area contributed by atoms with Crippen LogP contribution in [0.1, 0.15) is 20.8 Å². The van der Waals surface area contributed by atoms with Crippen LogP contribution in [-0.2, 0) is 0 Å². The van der Waals surface area contributed by atoms with Crippen LogP contribution in [0.2, 0.25) is 0 Å². The van der Waals surface area contributed by atoms with Crippen LogP contribution in [0.25, 0.3) is 0 Å². The molecule has 0 spiro atoms. The van der Waals surface area contributed by atoms with E-state index in [1.807, 2.05) is 0 Å². The minimum absolute atomic E-state index is 0.0415. The summed E-state index contributed by atoms with van der Waals surface area (Å²) in [5.41, 5.74) is -0.515. The number of hydrogen-bond acceptors (Lipinski definition) is 2. The Morgan fingerprint density at radius 2 is 2.00 bits per heavy atom. The predicted octanol–water partition coefficient (Wildman–Crippen LogP) is 1.36. The Labute approximate surface area is 83.1 Å². The van der Waals surface area contributed by atoms with E-state index in [0.29, 0.717) is 0 Å². The van der Waals surface area contributed by atoms with E-state index in [9.17, 15) is 9.90 Å². The van der Waals surface area contributed by atoms with Crippen molar-refractivity contribution >= 4 is 17.7 Å². The van der Waals surface area contributed by atoms with E-state index in [4.69, 9.17) is 16.7 Å². The molecule has 0 aliphatic rings. The summed E-state index contributed by atoms with van der Waals surface area (Å²) in [5.74, 6) is 0.0415. The zero-order valence-electron chi connectivity index (χ0n) is 8.12. The van der Waals surface area contributed by atoms with Crippen LogP contribution in [0, 0.1) is 0 Å². The van der Waals surface area contributed by atoms with Crippen molar-refractivity contribution in [2.24, 2.45) is 0 Å². The van der Waals surface area contributed by atoms with Crippen LogP contribution < -0.4 is 0 Å². The molecule has 0 radical (unpaired) electrons. The van der Waals surface area contributed by atoms with Crippen LogP contribution >= 0.6 is 11.6 Å². The second-order valence-electron chi connectivity index (χ2n) is 3.87. The molecule has 0 aromatic rings. The van der Waals surface area contributed by atoms with Crippen molar-refractivity contribution in [2.45, 2.75) is 32.4 Å². The standard InChI is InChI=1S/C8H16ClNO3/c1-8(2,3)10(7(12)13)5-6(11)4-9/h6,11H,4-5H2,1-3H3,(H,12,13). The fourth-order valence-electron chi connectivity index (χ4n) is 0.898. The van der Waals surface area contributed by atoms with Crippen molar-refractivity contribution in [1.29, 1.82) is 0 Å². The van der Waals surface area contributed by atoms with Crippen LogP contribution in [0.3, 0.4) is 0 Å². The Balaban J connectivity index is 4.37. The molecule has 0 aromatic carbocycles. The third kappa shape index (κ3) is 4.33. The highest BCUT2D eigenvalue weighted by Crippen LogP contribution is 2.14. The zero-order valence-corrected chi connectivity index (χ0v) is 8.88. The SMILES string of the molecule is CC(C)(C)N(CC(O)CCl)C(=O)O. The highest BCUT2D eigenvalue weighted by molar-refractivity contribution is 6.18. The second-order valence-corrected chi connectivity index (χ2v) is 4.18. The molecule has 1 atom stereocenters. The molecule has 0 heterocycles. The van der Waals surface area contributed by atoms with E-state index in [0.717, 1.165) is 0 Å². The summed E-state index contributed by atoms with van der Waals surface area (Å²) < 4.78 is 0. The lowest BCUT2D eigenvalue weighted by Gasteiger charge is -2.34. The van der Waals surface area contributed by atoms with Gasteiger partial charge < -0.3 is 15.1 Å². The van der Waals surface area contributed by atoms with Crippen molar-refractivity contribution in [3.63, 3.8) is 0 Å². The lowest BCUT2D eigenvalue weighted by molar-refractivity contribution is 0.0632. The number of aliphatic hydroxyl groups is 1. The van der Waals surface area contributed by atoms with Gasteiger partial charge >= 0.3 is 6.09 Å². The Morgan fingerprint density at radius 3 is 2.23 bits per heavy atom. The molecule has 1 amide bonds. The highest BCUT2D eigenvalue weighted by Gasteiger charge is 2.27. The molecule has 0 bridgehead atoms. The molecule has 13 heavy (non-hydrogen) atoms. The number of amides is 1. The molecule has 0 fully saturated rings. The van der Waals surface area contributed by atoms with Gasteiger partial charge in [-0.15, -0.1) is 11.6 Å². The van der Waals surface area contributed by atoms with Crippen molar-refractivity contribution in [2.75, 3.05) is 12.4 Å². The van der Waals surface area contributed by atoms with Gasteiger partial charge in [0.1, 0.15) is 0 Å². The topological polar surface area (TPSA) is 60.8 Å². The first kappa shape index (κ1) is 12.5. The first-order chi connectivity index (χ1) is 5.79. The number of halogens is 1. The monoisotopic (exact) mass is 209 g/mol. The van der Waals surface area contributed by atoms with Gasteiger partial charge in [-0.2, -0.15) is 0 Å². The minimum atomic E-state index is -1.04. The number of carbonyl (C=O) groups is 1. The first-order valence-corrected chi connectivity index (χ1v) is 4.57. The molecule has 0 saturated heterocycles. The number of alkyl halides is 1. The maximum absolute atomic E-state index is 10.8. The van der Waals surface area contributed by atoms with Gasteiger partial charge in [0, 0.05) is 5.54 Å². The van der Waals surface area contributed by atoms with E-state index in [1.54, 1.807) is 20.8 Å². The van der Waals surface area contributed by atoms with Crippen molar-refractivity contribution < 1.29 is 15.0 Å². The molecular weight excluding hydrogens is 194 g/mol. The first-order valence-electron chi connectivity index (χ1n) is 4.03. The normalized spacial score (nSPS) is 13.9. The largest absolute Gasteiger partial charge is 0.465 e. The van der Waals surface area contributed by atoms with E-state index >= 15 is 0 Å². The van der Waals surface area contributed by atoms with Gasteiger partial charge in [0.15, 0.2) is 0 Å². The fourth-order valence-corrected chi connectivity index (χ4v) is 0.996. The average molecular weight is 210 g/mol. The molecule has 4 nitrogen and oxygen atoms in total. The third-order valence-corrected chi connectivity index (χ3v) is 1.97. The van der Waals surface area contributed by atoms with Crippen molar-refractivity contribution in [3.05, 3.63) is 0 Å². The molecule has 0 aromatic heterocycles. The number of hydrogen-bond donors (Lipinski definition) is 2. The number of β-amino-alcohol motifs (C(OH)–C–C–N with tert-alkyl or cyclic N) is 1. The van der Waals surface area contributed by atoms with Gasteiger partial charge in [-0.3, -0.25) is 0 Å². The lowest BCUT2D eigenvalue weighted by Crippen LogP contribution is -2.48. The molecule has 0 aliphatic heterocycles. The summed E-state index contributed by atoms with van der Waals surface area (Å²) in [7, 11) is 0. The van der Waals surface area contributed by atoms with E-state index in [2.05, 4.69) is 0 Å². The van der Waals surface area contributed by atoms with Gasteiger partial charge in [0.2, 0.25) is 0 Å². The number of aliphatic hydroxyl groups excluding tert-OH is 1. The van der Waals surface area contributed by atoms with Gasteiger partial charge in [0.05, 0.1) is 18.5 Å². The quantitative estimate of drug-likeness (QED) is 0.691. The molecular formula is C8H16ClNO3. The fraction of sp³-hybridized carbons (Fsp3) is 0.875. The summed E-state index contributed by atoms with van der Waals surface area (Å²) in [6, 6.07) is 0. The van der Waals surface area contributed by atoms with E-state index in [-0.39, 0.29) is 12.4 Å². The average Bonchev–Trinajstić information content (AvgIpc) is 1.96. The Morgan fingerprint density at radius 1 is 1.54 bits per heavy atom. The summed E-state index contributed by atoms with van der Waals surface area (Å²) in [6.07, 6.45) is -1.85. The summed E-state index contributed by atoms with van der Waals surface area (Å²) in [4.78, 5) is 11.9. The third-order valence-electron chi connectivity index (χ3n) is 1.61. The van der Waals surface area contributed by atoms with Crippen molar-refractivity contribution in [3.8, 4) is 0 Å². The zero-order chi connectivity index (χ0) is 10.6. The molecule has 0 saturated carbocycles. The number of carboxylic acid groups (broad SMARTS) is 1. The summed E-state index contributed by atoms with van der Waals surface area (Å²) in [5, 5.41) is 18.0.